The lowest BCUT2D eigenvalue weighted by molar-refractivity contribution is 0.655. The molecule has 12 aromatic rings. The lowest BCUT2D eigenvalue weighted by Gasteiger charge is -2.11. The summed E-state index contributed by atoms with van der Waals surface area (Å²) in [6.07, 6.45) is 0. The van der Waals surface area contributed by atoms with Crippen LogP contribution in [0.25, 0.3) is 123 Å². The normalized spacial score (nSPS) is 11.4. The minimum atomic E-state index is 0.549. The van der Waals surface area contributed by atoms with Gasteiger partial charge in [-0.25, -0.2) is 24.9 Å². The monoisotopic (exact) mass is 831 g/mol. The second-order valence-corrected chi connectivity index (χ2v) is 16.1. The van der Waals surface area contributed by atoms with Crippen LogP contribution in [0.5, 0.6) is 0 Å². The van der Waals surface area contributed by atoms with Crippen molar-refractivity contribution in [3.05, 3.63) is 224 Å². The summed E-state index contributed by atoms with van der Waals surface area (Å²) < 4.78 is 6.12. The summed E-state index contributed by atoms with van der Waals surface area (Å²) in [6, 6.07) is 77.6. The summed E-state index contributed by atoms with van der Waals surface area (Å²) in [6.45, 7) is 0. The summed E-state index contributed by atoms with van der Waals surface area (Å²) in [5.41, 5.74) is 17.7. The highest BCUT2D eigenvalue weighted by Gasteiger charge is 2.16. The van der Waals surface area contributed by atoms with Crippen LogP contribution >= 0.6 is 0 Å². The number of furan rings is 1. The Bertz CT molecular complexity index is 3580. The van der Waals surface area contributed by atoms with Crippen LogP contribution < -0.4 is 0 Å². The van der Waals surface area contributed by atoms with E-state index in [-0.39, 0.29) is 0 Å². The zero-order valence-electron chi connectivity index (χ0n) is 35.0. The van der Waals surface area contributed by atoms with Crippen LogP contribution in [0, 0.1) is 0 Å². The van der Waals surface area contributed by atoms with Crippen LogP contribution in [0.3, 0.4) is 0 Å². The van der Waals surface area contributed by atoms with Gasteiger partial charge in [0.15, 0.2) is 17.5 Å². The van der Waals surface area contributed by atoms with Crippen molar-refractivity contribution < 1.29 is 4.42 Å². The van der Waals surface area contributed by atoms with E-state index in [1.165, 1.54) is 0 Å². The molecule has 0 aliphatic carbocycles. The minimum Gasteiger partial charge on any atom is -0.436 e. The van der Waals surface area contributed by atoms with Gasteiger partial charge in [0.25, 0.3) is 0 Å². The maximum absolute atomic E-state index is 6.12. The Morgan fingerprint density at radius 1 is 0.246 bits per heavy atom. The Labute approximate surface area is 375 Å². The molecular formula is C59H37N5O. The van der Waals surface area contributed by atoms with Gasteiger partial charge in [-0.05, 0) is 92.0 Å². The molecular weight excluding hydrogens is 795 g/mol. The fraction of sp³-hybridized carbons (Fsp3) is 0. The highest BCUT2D eigenvalue weighted by Crippen LogP contribution is 2.35. The number of nitrogens with zero attached hydrogens (tertiary/aromatic N) is 5. The number of hydrogen-bond acceptors (Lipinski definition) is 6. The van der Waals surface area contributed by atoms with Crippen molar-refractivity contribution in [1.29, 1.82) is 0 Å². The molecule has 3 heterocycles. The third-order valence-electron chi connectivity index (χ3n) is 12.0. The van der Waals surface area contributed by atoms with Gasteiger partial charge in [0.1, 0.15) is 11.1 Å². The molecule has 65 heavy (non-hydrogen) atoms. The summed E-state index contributed by atoms with van der Waals surface area (Å²) >= 11 is 0. The first-order chi connectivity index (χ1) is 32.1. The molecule has 6 nitrogen and oxygen atoms in total. The first-order valence-electron chi connectivity index (χ1n) is 21.6. The Kier molecular flexibility index (Phi) is 9.38. The summed E-state index contributed by atoms with van der Waals surface area (Å²) in [7, 11) is 0. The van der Waals surface area contributed by atoms with Crippen molar-refractivity contribution in [3.63, 3.8) is 0 Å². The number of hydrogen-bond donors (Lipinski definition) is 0. The van der Waals surface area contributed by atoms with E-state index in [4.69, 9.17) is 29.3 Å². The predicted octanol–water partition coefficient (Wildman–Crippen LogP) is 15.1. The smallest absolute Gasteiger partial charge is 0.246 e. The molecule has 12 rings (SSSR count). The largest absolute Gasteiger partial charge is 0.436 e. The molecule has 0 unspecified atom stereocenters. The number of aromatic nitrogens is 5. The van der Waals surface area contributed by atoms with Crippen LogP contribution in [0.15, 0.2) is 229 Å². The Hall–Kier alpha value is -8.87. The van der Waals surface area contributed by atoms with Gasteiger partial charge in [0.2, 0.25) is 5.71 Å². The molecule has 0 saturated heterocycles. The van der Waals surface area contributed by atoms with E-state index in [1.54, 1.807) is 0 Å². The van der Waals surface area contributed by atoms with Crippen LogP contribution in [0.1, 0.15) is 0 Å². The van der Waals surface area contributed by atoms with Crippen LogP contribution in [-0.4, -0.2) is 24.9 Å². The maximum Gasteiger partial charge on any atom is 0.246 e. The van der Waals surface area contributed by atoms with Gasteiger partial charge in [-0.2, -0.15) is 0 Å². The van der Waals surface area contributed by atoms with Gasteiger partial charge in [-0.1, -0.05) is 188 Å². The van der Waals surface area contributed by atoms with Gasteiger partial charge in [-0.3, -0.25) is 0 Å². The third kappa shape index (κ3) is 7.39. The van der Waals surface area contributed by atoms with E-state index in [1.807, 2.05) is 42.5 Å². The van der Waals surface area contributed by atoms with E-state index in [0.29, 0.717) is 23.2 Å². The van der Waals surface area contributed by atoms with Crippen molar-refractivity contribution >= 4 is 33.2 Å². The van der Waals surface area contributed by atoms with Gasteiger partial charge < -0.3 is 4.42 Å². The topological polar surface area (TPSA) is 77.6 Å². The number of para-hydroxylation sites is 2. The van der Waals surface area contributed by atoms with Gasteiger partial charge in [0.05, 0.1) is 11.0 Å². The number of benzene rings is 9. The molecule has 304 valence electrons. The van der Waals surface area contributed by atoms with Crippen LogP contribution in [0.2, 0.25) is 0 Å². The Morgan fingerprint density at radius 3 is 1.14 bits per heavy atom. The quantitative estimate of drug-likeness (QED) is 0.152. The van der Waals surface area contributed by atoms with Crippen molar-refractivity contribution in [2.45, 2.75) is 0 Å². The molecule has 0 radical (unpaired) electrons. The fourth-order valence-corrected chi connectivity index (χ4v) is 8.54. The van der Waals surface area contributed by atoms with E-state index >= 15 is 0 Å². The van der Waals surface area contributed by atoms with Crippen molar-refractivity contribution in [2.75, 3.05) is 0 Å². The zero-order valence-corrected chi connectivity index (χ0v) is 35.0. The SMILES string of the molecule is c1ccc(-c2ccc(-c3nc(-c4ccc(-c5ccccc5)cc4)nc(-c4cccc(-c5ccc(-c6cccc(-c7ccc8oc9nc%10ccccc%10nc9c8c7)c6)cc5)c4)n3)cc2)cc1. The molecule has 0 aliphatic rings. The zero-order chi connectivity index (χ0) is 43.1. The first-order valence-corrected chi connectivity index (χ1v) is 21.6. The molecule has 3 aromatic heterocycles. The molecule has 9 aromatic carbocycles. The number of rotatable bonds is 8. The second-order valence-electron chi connectivity index (χ2n) is 16.1. The van der Waals surface area contributed by atoms with Gasteiger partial charge in [-0.15, -0.1) is 0 Å². The highest BCUT2D eigenvalue weighted by molar-refractivity contribution is 6.05. The molecule has 0 aliphatic heterocycles. The molecule has 0 fully saturated rings. The molecule has 6 heteroatoms. The number of fused-ring (bicyclic) bond motifs is 4. The van der Waals surface area contributed by atoms with Crippen LogP contribution in [-0.2, 0) is 0 Å². The third-order valence-corrected chi connectivity index (χ3v) is 12.0. The lowest BCUT2D eigenvalue weighted by Crippen LogP contribution is -2.00. The molecule has 0 atom stereocenters. The fourth-order valence-electron chi connectivity index (χ4n) is 8.54. The lowest BCUT2D eigenvalue weighted by atomic mass is 9.96. The standard InChI is InChI=1S/C59H37N5O/c1-3-11-38(12-4-1)40-25-29-44(30-26-40)56-62-57(45-31-27-41(28-32-45)39-13-5-2-6-14-39)64-58(63-56)50-18-10-16-47(36-50)43-23-21-42(22-24-43)46-15-9-17-48(35-46)49-33-34-54-51(37-49)55-59(65-54)61-53-20-8-7-19-52(53)60-55/h1-37H. The van der Waals surface area contributed by atoms with E-state index in [2.05, 4.69) is 182 Å². The van der Waals surface area contributed by atoms with Crippen molar-refractivity contribution in [1.82, 2.24) is 24.9 Å². The Morgan fingerprint density at radius 2 is 0.600 bits per heavy atom. The molecule has 0 spiro atoms. The van der Waals surface area contributed by atoms with Gasteiger partial charge >= 0.3 is 0 Å². The summed E-state index contributed by atoms with van der Waals surface area (Å²) in [4.78, 5) is 24.9. The summed E-state index contributed by atoms with van der Waals surface area (Å²) in [5.74, 6) is 1.85. The molecule has 0 amide bonds. The van der Waals surface area contributed by atoms with E-state index in [0.717, 1.165) is 99.8 Å². The van der Waals surface area contributed by atoms with Crippen molar-refractivity contribution in [2.24, 2.45) is 0 Å². The summed E-state index contributed by atoms with van der Waals surface area (Å²) in [5, 5.41) is 0.951. The predicted molar refractivity (Wildman–Crippen MR) is 264 cm³/mol. The maximum atomic E-state index is 6.12. The first kappa shape index (κ1) is 37.9. The van der Waals surface area contributed by atoms with Gasteiger partial charge in [0, 0.05) is 22.1 Å². The average Bonchev–Trinajstić information content (AvgIpc) is 3.75. The second kappa shape index (κ2) is 16.1. The molecule has 0 bridgehead atoms. The van der Waals surface area contributed by atoms with Crippen LogP contribution in [0.4, 0.5) is 0 Å². The highest BCUT2D eigenvalue weighted by atomic mass is 16.3. The average molecular weight is 832 g/mol. The van der Waals surface area contributed by atoms with E-state index < -0.39 is 0 Å². The van der Waals surface area contributed by atoms with Crippen molar-refractivity contribution in [3.8, 4) is 89.8 Å². The Balaban J connectivity index is 0.857. The minimum absolute atomic E-state index is 0.549. The van der Waals surface area contributed by atoms with E-state index in [9.17, 15) is 0 Å². The molecule has 0 saturated carbocycles. The molecule has 0 N–H and O–H groups in total.